The third-order valence-corrected chi connectivity index (χ3v) is 2.42. The Labute approximate surface area is 59.7 Å². The zero-order chi connectivity index (χ0) is 6.24. The minimum Gasteiger partial charge on any atom is -0.435 e. The molecule has 0 aliphatic carbocycles. The third-order valence-electron chi connectivity index (χ3n) is 0.269. The van der Waals surface area contributed by atoms with Crippen LogP contribution in [-0.2, 0) is 12.3 Å². The molecule has 0 rings (SSSR count). The highest BCUT2D eigenvalue weighted by Crippen LogP contribution is 1.68. The summed E-state index contributed by atoms with van der Waals surface area (Å²) in [6, 6.07) is 0. The lowest BCUT2D eigenvalue weighted by molar-refractivity contribution is 0.440. The molecule has 0 unspecified atom stereocenters. The van der Waals surface area contributed by atoms with Crippen LogP contribution in [0.2, 0.25) is 6.55 Å². The third kappa shape index (κ3) is 6.75. The van der Waals surface area contributed by atoms with E-state index < -0.39 is 0 Å². The highest BCUT2D eigenvalue weighted by molar-refractivity contribution is 6.44. The average Bonchev–Trinajstić information content (AvgIpc) is 1.81. The molecule has 0 heterocycles. The maximum absolute atomic E-state index is 4.87. The molecular formula is CH3O3Si4. The van der Waals surface area contributed by atoms with Gasteiger partial charge < -0.3 is 12.3 Å². The van der Waals surface area contributed by atoms with E-state index in [1.165, 1.54) is 0 Å². The Bertz CT molecular complexity index is 36.3. The van der Waals surface area contributed by atoms with E-state index in [0.29, 0.717) is 9.76 Å². The first-order valence-electron chi connectivity index (χ1n) is 1.72. The molecule has 7 heteroatoms. The van der Waals surface area contributed by atoms with Crippen molar-refractivity contribution in [2.45, 2.75) is 6.55 Å². The van der Waals surface area contributed by atoms with Gasteiger partial charge in [-0.1, -0.05) is 0 Å². The highest BCUT2D eigenvalue weighted by Gasteiger charge is 1.91. The molecule has 0 fully saturated rings. The molecule has 3 nitrogen and oxygen atoms in total. The summed E-state index contributed by atoms with van der Waals surface area (Å²) >= 11 is 0. The molecule has 8 heavy (non-hydrogen) atoms. The monoisotopic (exact) mass is 175 g/mol. The summed E-state index contributed by atoms with van der Waals surface area (Å²) in [4.78, 5) is 0. The van der Waals surface area contributed by atoms with Crippen molar-refractivity contribution in [3.8, 4) is 0 Å². The zero-order valence-electron chi connectivity index (χ0n) is 4.22. The van der Waals surface area contributed by atoms with Gasteiger partial charge in [0.05, 0.1) is 0 Å². The minimum atomic E-state index is 0.0301. The topological polar surface area (TPSA) is 27.7 Å². The number of hydrogen-bond donors (Lipinski definition) is 0. The van der Waals surface area contributed by atoms with Crippen LogP contribution in [0.4, 0.5) is 0 Å². The summed E-state index contributed by atoms with van der Waals surface area (Å²) < 4.78 is 14.1. The van der Waals surface area contributed by atoms with Gasteiger partial charge in [-0.05, 0) is 6.55 Å². The van der Waals surface area contributed by atoms with Gasteiger partial charge in [0.15, 0.2) is 0 Å². The van der Waals surface area contributed by atoms with Crippen LogP contribution in [0.3, 0.4) is 0 Å². The summed E-state index contributed by atoms with van der Waals surface area (Å²) in [6.07, 6.45) is 0. The smallest absolute Gasteiger partial charge is 0.411 e. The van der Waals surface area contributed by atoms with Gasteiger partial charge in [-0.15, -0.1) is 0 Å². The fourth-order valence-corrected chi connectivity index (χ4v) is 1.65. The summed E-state index contributed by atoms with van der Waals surface area (Å²) in [5.74, 6) is 0. The second-order valence-electron chi connectivity index (χ2n) is 0.677. The van der Waals surface area contributed by atoms with Gasteiger partial charge in [-0.25, -0.2) is 0 Å². The van der Waals surface area contributed by atoms with Crippen molar-refractivity contribution in [1.29, 1.82) is 0 Å². The van der Waals surface area contributed by atoms with Gasteiger partial charge in [0.2, 0.25) is 20.2 Å². The fourth-order valence-electron chi connectivity index (χ4n) is 0.100. The Kier molecular flexibility index (Phi) is 8.47. The summed E-state index contributed by atoms with van der Waals surface area (Å²) in [6.45, 7) is 1.94. The number of hydrogen-bond acceptors (Lipinski definition) is 3. The van der Waals surface area contributed by atoms with E-state index in [-0.39, 0.29) is 20.0 Å². The minimum absolute atomic E-state index is 0.0301. The van der Waals surface area contributed by atoms with Crippen molar-refractivity contribution in [2.75, 3.05) is 0 Å². The molecule has 0 saturated carbocycles. The average molecular weight is 175 g/mol. The van der Waals surface area contributed by atoms with Crippen LogP contribution in [0.1, 0.15) is 0 Å². The van der Waals surface area contributed by atoms with E-state index in [2.05, 4.69) is 14.6 Å². The van der Waals surface area contributed by atoms with Crippen molar-refractivity contribution in [1.82, 2.24) is 0 Å². The van der Waals surface area contributed by atoms with Crippen LogP contribution in [0.15, 0.2) is 0 Å². The van der Waals surface area contributed by atoms with Crippen LogP contribution in [0.5, 0.6) is 0 Å². The maximum Gasteiger partial charge on any atom is 0.411 e. The normalized spacial score (nSPS) is 9.75. The Morgan fingerprint density at radius 1 is 1.25 bits per heavy atom. The van der Waals surface area contributed by atoms with Crippen LogP contribution in [-0.4, -0.2) is 40.3 Å². The lowest BCUT2D eigenvalue weighted by atomic mass is 11.9. The van der Waals surface area contributed by atoms with E-state index in [4.69, 9.17) is 8.23 Å². The van der Waals surface area contributed by atoms with E-state index in [9.17, 15) is 0 Å². The summed E-state index contributed by atoms with van der Waals surface area (Å²) in [5.41, 5.74) is 0. The zero-order valence-corrected chi connectivity index (χ0v) is 8.22. The van der Waals surface area contributed by atoms with Crippen molar-refractivity contribution in [3.05, 3.63) is 0 Å². The van der Waals surface area contributed by atoms with Crippen molar-refractivity contribution in [2.24, 2.45) is 0 Å². The predicted octanol–water partition coefficient (Wildman–Crippen LogP) is -1.14. The van der Waals surface area contributed by atoms with Gasteiger partial charge >= 0.3 is 20.0 Å². The molecule has 9 radical (unpaired) electrons. The van der Waals surface area contributed by atoms with Crippen molar-refractivity contribution in [3.63, 3.8) is 0 Å². The van der Waals surface area contributed by atoms with Gasteiger partial charge in [0.1, 0.15) is 0 Å². The Hall–Kier alpha value is 0.748. The maximum atomic E-state index is 4.87. The second-order valence-corrected chi connectivity index (χ2v) is 3.87. The van der Waals surface area contributed by atoms with E-state index in [0.717, 1.165) is 0 Å². The Morgan fingerprint density at radius 3 is 2.50 bits per heavy atom. The van der Waals surface area contributed by atoms with Gasteiger partial charge in [0, 0.05) is 0 Å². The lowest BCUT2D eigenvalue weighted by Crippen LogP contribution is -2.10. The molecule has 0 aromatic rings. The predicted molar refractivity (Wildman–Crippen MR) is 32.1 cm³/mol. The van der Waals surface area contributed by atoms with Crippen LogP contribution >= 0.6 is 0 Å². The first-order valence-corrected chi connectivity index (χ1v) is 5.17. The van der Waals surface area contributed by atoms with Gasteiger partial charge in [0.25, 0.3) is 0 Å². The molecule has 0 aliphatic heterocycles. The van der Waals surface area contributed by atoms with Crippen molar-refractivity contribution >= 4 is 40.3 Å². The van der Waals surface area contributed by atoms with Gasteiger partial charge in [-0.3, -0.25) is 0 Å². The SMILES string of the molecule is C[Si]O[Si]O[Si]O[Si]. The van der Waals surface area contributed by atoms with Crippen molar-refractivity contribution < 1.29 is 12.3 Å². The second kappa shape index (κ2) is 7.75. The summed E-state index contributed by atoms with van der Waals surface area (Å²) in [7, 11) is 3.41. The van der Waals surface area contributed by atoms with Crippen LogP contribution < -0.4 is 0 Å². The van der Waals surface area contributed by atoms with E-state index in [1.54, 1.807) is 0 Å². The molecule has 41 valence electrons. The molecule has 0 spiro atoms. The molecule has 0 saturated heterocycles. The lowest BCUT2D eigenvalue weighted by Gasteiger charge is -1.94. The first kappa shape index (κ1) is 8.75. The molecule has 0 aromatic carbocycles. The quantitative estimate of drug-likeness (QED) is 0.390. The molecule has 0 aliphatic rings. The standard InChI is InChI=1S/CH3O3Si4/c1-6-3-8-4-7-2-5/h1H3. The van der Waals surface area contributed by atoms with E-state index in [1.807, 2.05) is 6.55 Å². The summed E-state index contributed by atoms with van der Waals surface area (Å²) in [5, 5.41) is 0. The van der Waals surface area contributed by atoms with Crippen LogP contribution in [0, 0.1) is 0 Å². The largest absolute Gasteiger partial charge is 0.435 e. The number of rotatable bonds is 5. The molecule has 0 aromatic heterocycles. The first-order chi connectivity index (χ1) is 3.91. The molecule has 0 bridgehead atoms. The molecular weight excluding hydrogens is 172 g/mol. The highest BCUT2D eigenvalue weighted by atomic mass is 28.4. The Balaban J connectivity index is 2.53. The van der Waals surface area contributed by atoms with E-state index >= 15 is 0 Å². The molecule has 0 amide bonds. The van der Waals surface area contributed by atoms with Gasteiger partial charge in [-0.2, -0.15) is 0 Å². The fraction of sp³-hybridized carbons (Fsp3) is 1.00. The molecule has 0 N–H and O–H groups in total. The molecule has 0 atom stereocenters. The Morgan fingerprint density at radius 2 is 2.00 bits per heavy atom. The van der Waals surface area contributed by atoms with Crippen LogP contribution in [0.25, 0.3) is 0 Å².